The van der Waals surface area contributed by atoms with Gasteiger partial charge < -0.3 is 24.6 Å². The van der Waals surface area contributed by atoms with Crippen LogP contribution in [0.1, 0.15) is 65.2 Å². The maximum atomic E-state index is 11.9. The summed E-state index contributed by atoms with van der Waals surface area (Å²) in [7, 11) is -4.55. The summed E-state index contributed by atoms with van der Waals surface area (Å²) in [6.07, 6.45) is 2.93. The van der Waals surface area contributed by atoms with E-state index in [1.54, 1.807) is 0 Å². The van der Waals surface area contributed by atoms with Crippen LogP contribution in [0.25, 0.3) is 0 Å². The summed E-state index contributed by atoms with van der Waals surface area (Å²) in [4.78, 5) is 33.3. The average Bonchev–Trinajstić information content (AvgIpc) is 2.68. The van der Waals surface area contributed by atoms with Gasteiger partial charge in [0, 0.05) is 12.8 Å². The Bertz CT molecular complexity index is 499. The van der Waals surface area contributed by atoms with Crippen LogP contribution in [0.15, 0.2) is 0 Å². The molecule has 0 heterocycles. The van der Waals surface area contributed by atoms with Gasteiger partial charge in [-0.3, -0.25) is 18.6 Å². The van der Waals surface area contributed by atoms with Crippen molar-refractivity contribution >= 4 is 19.8 Å². The van der Waals surface area contributed by atoms with Crippen LogP contribution in [0.3, 0.4) is 0 Å². The first-order chi connectivity index (χ1) is 13.7. The van der Waals surface area contributed by atoms with E-state index in [1.807, 2.05) is 13.8 Å². The molecule has 0 saturated heterocycles. The predicted octanol–water partition coefficient (Wildman–Crippen LogP) is 2.09. The largest absolute Gasteiger partial charge is 0.472 e. The summed E-state index contributed by atoms with van der Waals surface area (Å²) in [6.45, 7) is 1.89. The molecule has 3 N–H and O–H groups in total. The summed E-state index contributed by atoms with van der Waals surface area (Å²) in [5.41, 5.74) is 0. The third kappa shape index (κ3) is 16.5. The Hall–Kier alpha value is -1.03. The van der Waals surface area contributed by atoms with E-state index < -0.39 is 51.8 Å². The quantitative estimate of drug-likeness (QED) is 0.164. The molecular formula is C18H35O10P. The van der Waals surface area contributed by atoms with E-state index in [1.165, 1.54) is 0 Å². The predicted molar refractivity (Wildman–Crippen MR) is 104 cm³/mol. The highest BCUT2D eigenvalue weighted by molar-refractivity contribution is 7.47. The molecule has 172 valence electrons. The number of carbonyl (C=O) groups excluding carboxylic acids is 2. The minimum Gasteiger partial charge on any atom is -0.462 e. The zero-order valence-corrected chi connectivity index (χ0v) is 18.2. The molecule has 0 spiro atoms. The van der Waals surface area contributed by atoms with E-state index in [0.29, 0.717) is 12.8 Å². The lowest BCUT2D eigenvalue weighted by atomic mass is 10.2. The molecule has 0 amide bonds. The lowest BCUT2D eigenvalue weighted by Gasteiger charge is -2.20. The number of phosphoric ester groups is 1. The van der Waals surface area contributed by atoms with Crippen molar-refractivity contribution in [1.29, 1.82) is 0 Å². The second kappa shape index (κ2) is 16.7. The first-order valence-corrected chi connectivity index (χ1v) is 11.5. The summed E-state index contributed by atoms with van der Waals surface area (Å²) < 4.78 is 31.4. The molecule has 3 atom stereocenters. The Balaban J connectivity index is 4.62. The highest BCUT2D eigenvalue weighted by Crippen LogP contribution is 2.43. The molecule has 0 fully saturated rings. The van der Waals surface area contributed by atoms with Crippen LogP contribution in [0, 0.1) is 0 Å². The van der Waals surface area contributed by atoms with E-state index in [2.05, 4.69) is 4.52 Å². The Kier molecular flexibility index (Phi) is 16.1. The lowest BCUT2D eigenvalue weighted by molar-refractivity contribution is -0.161. The number of rotatable bonds is 18. The standard InChI is InChI=1S/C18H35O10P/c1-3-5-7-9-17(21)25-13-16(28-18(22)10-8-6-4-2)14-27-29(23,24)26-12-15(20)11-19/h15-16,19-20H,3-14H2,1-2H3,(H,23,24)/t15-,16?/m0/s1. The van der Waals surface area contributed by atoms with Gasteiger partial charge in [0.05, 0.1) is 19.8 Å². The van der Waals surface area contributed by atoms with Crippen molar-refractivity contribution in [3.8, 4) is 0 Å². The maximum absolute atomic E-state index is 11.9. The molecule has 10 nitrogen and oxygen atoms in total. The van der Waals surface area contributed by atoms with Crippen molar-refractivity contribution in [2.45, 2.75) is 77.4 Å². The van der Waals surface area contributed by atoms with Crippen molar-refractivity contribution in [1.82, 2.24) is 0 Å². The molecule has 0 aromatic heterocycles. The molecule has 0 aliphatic carbocycles. The highest BCUT2D eigenvalue weighted by atomic mass is 31.2. The van der Waals surface area contributed by atoms with Gasteiger partial charge in [0.1, 0.15) is 12.7 Å². The van der Waals surface area contributed by atoms with Crippen molar-refractivity contribution in [3.63, 3.8) is 0 Å². The molecule has 11 heteroatoms. The number of phosphoric acid groups is 1. The Morgan fingerprint density at radius 1 is 0.897 bits per heavy atom. The first kappa shape index (κ1) is 28.0. The van der Waals surface area contributed by atoms with Crippen molar-refractivity contribution in [2.75, 3.05) is 26.4 Å². The smallest absolute Gasteiger partial charge is 0.462 e. The van der Waals surface area contributed by atoms with Gasteiger partial charge in [-0.1, -0.05) is 39.5 Å². The summed E-state index contributed by atoms with van der Waals surface area (Å²) in [5.74, 6) is -0.988. The van der Waals surface area contributed by atoms with Gasteiger partial charge in [0.2, 0.25) is 0 Å². The van der Waals surface area contributed by atoms with Gasteiger partial charge in [-0.15, -0.1) is 0 Å². The van der Waals surface area contributed by atoms with Gasteiger partial charge in [0.25, 0.3) is 0 Å². The Morgan fingerprint density at radius 2 is 1.45 bits per heavy atom. The SMILES string of the molecule is CCCCCC(=O)OCC(COP(=O)(O)OC[C@@H](O)CO)OC(=O)CCCCC. The van der Waals surface area contributed by atoms with Gasteiger partial charge in [-0.2, -0.15) is 0 Å². The molecule has 0 radical (unpaired) electrons. The topological polar surface area (TPSA) is 149 Å². The van der Waals surface area contributed by atoms with E-state index >= 15 is 0 Å². The minimum atomic E-state index is -4.55. The number of ether oxygens (including phenoxy) is 2. The van der Waals surface area contributed by atoms with Crippen LogP contribution in [0.2, 0.25) is 0 Å². The average molecular weight is 442 g/mol. The van der Waals surface area contributed by atoms with Crippen LogP contribution >= 0.6 is 7.82 Å². The molecular weight excluding hydrogens is 407 g/mol. The van der Waals surface area contributed by atoms with Crippen LogP contribution in [-0.2, 0) is 32.7 Å². The van der Waals surface area contributed by atoms with Crippen LogP contribution in [-0.4, -0.2) is 65.7 Å². The second-order valence-corrected chi connectivity index (χ2v) is 8.06. The van der Waals surface area contributed by atoms with Gasteiger partial charge in [-0.05, 0) is 12.8 Å². The van der Waals surface area contributed by atoms with Crippen molar-refractivity contribution in [2.24, 2.45) is 0 Å². The van der Waals surface area contributed by atoms with Gasteiger partial charge in [0.15, 0.2) is 6.10 Å². The van der Waals surface area contributed by atoms with Crippen molar-refractivity contribution < 1.29 is 47.8 Å². The molecule has 0 aromatic rings. The van der Waals surface area contributed by atoms with Crippen LogP contribution in [0.4, 0.5) is 0 Å². The zero-order chi connectivity index (χ0) is 22.1. The van der Waals surface area contributed by atoms with Crippen LogP contribution < -0.4 is 0 Å². The third-order valence-corrected chi connectivity index (χ3v) is 4.71. The maximum Gasteiger partial charge on any atom is 0.472 e. The number of unbranched alkanes of at least 4 members (excludes halogenated alkanes) is 4. The molecule has 0 aromatic carbocycles. The normalized spacial score (nSPS) is 15.3. The number of aliphatic hydroxyl groups excluding tert-OH is 2. The van der Waals surface area contributed by atoms with Gasteiger partial charge in [-0.25, -0.2) is 4.57 Å². The first-order valence-electron chi connectivity index (χ1n) is 9.99. The molecule has 29 heavy (non-hydrogen) atoms. The van der Waals surface area contributed by atoms with E-state index in [4.69, 9.17) is 24.2 Å². The summed E-state index contributed by atoms with van der Waals surface area (Å²) in [5, 5.41) is 17.9. The minimum absolute atomic E-state index is 0.171. The molecule has 0 aliphatic heterocycles. The van der Waals surface area contributed by atoms with Gasteiger partial charge >= 0.3 is 19.8 Å². The molecule has 0 saturated carbocycles. The Morgan fingerprint density at radius 3 is 2.00 bits per heavy atom. The number of hydrogen-bond donors (Lipinski definition) is 3. The zero-order valence-electron chi connectivity index (χ0n) is 17.3. The summed E-state index contributed by atoms with van der Waals surface area (Å²) in [6, 6.07) is 0. The fourth-order valence-electron chi connectivity index (χ4n) is 2.11. The highest BCUT2D eigenvalue weighted by Gasteiger charge is 2.27. The fraction of sp³-hybridized carbons (Fsp3) is 0.889. The number of esters is 2. The number of carbonyl (C=O) groups is 2. The third-order valence-electron chi connectivity index (χ3n) is 3.76. The van der Waals surface area contributed by atoms with Crippen LogP contribution in [0.5, 0.6) is 0 Å². The molecule has 2 unspecified atom stereocenters. The molecule has 0 rings (SSSR count). The molecule has 0 bridgehead atoms. The monoisotopic (exact) mass is 442 g/mol. The number of hydrogen-bond acceptors (Lipinski definition) is 9. The number of aliphatic hydroxyl groups is 2. The van der Waals surface area contributed by atoms with E-state index in [9.17, 15) is 19.0 Å². The van der Waals surface area contributed by atoms with Crippen molar-refractivity contribution in [3.05, 3.63) is 0 Å². The van der Waals surface area contributed by atoms with E-state index in [-0.39, 0.29) is 19.4 Å². The lowest BCUT2D eigenvalue weighted by Crippen LogP contribution is -2.29. The second-order valence-electron chi connectivity index (χ2n) is 6.61. The van der Waals surface area contributed by atoms with E-state index in [0.717, 1.165) is 25.7 Å². The Labute approximate surface area is 172 Å². The fourth-order valence-corrected chi connectivity index (χ4v) is 2.89. The summed E-state index contributed by atoms with van der Waals surface area (Å²) >= 11 is 0. The molecule has 0 aliphatic rings.